The number of aromatic nitrogens is 1. The van der Waals surface area contributed by atoms with Crippen molar-refractivity contribution in [2.75, 3.05) is 24.7 Å². The minimum absolute atomic E-state index is 0.186. The van der Waals surface area contributed by atoms with Crippen molar-refractivity contribution in [3.63, 3.8) is 0 Å². The summed E-state index contributed by atoms with van der Waals surface area (Å²) in [5.74, 6) is 0.206. The molecule has 0 amide bonds. The summed E-state index contributed by atoms with van der Waals surface area (Å²) >= 11 is 5.42. The van der Waals surface area contributed by atoms with Gasteiger partial charge in [-0.25, -0.2) is 4.98 Å². The smallest absolute Gasteiger partial charge is 0.171 e. The monoisotopic (exact) mass is 440 g/mol. The van der Waals surface area contributed by atoms with Gasteiger partial charge < -0.3 is 21.3 Å². The zero-order valence-electron chi connectivity index (χ0n) is 18.2. The molecule has 4 rings (SSSR count). The quantitative estimate of drug-likeness (QED) is 0.523. The van der Waals surface area contributed by atoms with Crippen LogP contribution in [0.1, 0.15) is 29.8 Å². The van der Waals surface area contributed by atoms with Crippen molar-refractivity contribution in [1.82, 2.24) is 15.6 Å². The summed E-state index contributed by atoms with van der Waals surface area (Å²) in [6, 6.07) is 22.1. The highest BCUT2D eigenvalue weighted by atomic mass is 32.1. The molecule has 1 aromatic heterocycles. The van der Waals surface area contributed by atoms with Crippen LogP contribution in [-0.2, 0) is 0 Å². The molecule has 3 aromatic rings. The van der Waals surface area contributed by atoms with Gasteiger partial charge in [-0.2, -0.15) is 5.26 Å². The van der Waals surface area contributed by atoms with E-state index in [1.54, 1.807) is 0 Å². The lowest BCUT2D eigenvalue weighted by atomic mass is 9.90. The minimum atomic E-state index is -0.186. The lowest BCUT2D eigenvalue weighted by Gasteiger charge is -2.31. The molecule has 4 N–H and O–H groups in total. The van der Waals surface area contributed by atoms with Crippen LogP contribution in [0.2, 0.25) is 0 Å². The summed E-state index contributed by atoms with van der Waals surface area (Å²) in [6.07, 6.45) is 0. The van der Waals surface area contributed by atoms with Crippen LogP contribution in [0, 0.1) is 11.3 Å². The standard InChI is InChI=1S/C25H24N6S/c1-15-22(23(30-25(32)28-15)17-7-5-4-6-8-17)21-13-19(20(14-26)24(27)29-21)16-9-11-18(12-10-16)31(2)3/h4-13,23H,1-3H3,(H2,27,29)(H2,28,30,32). The number of thiocarbonyl (C=S) groups is 1. The Bertz CT molecular complexity index is 1240. The molecule has 1 aliphatic heterocycles. The number of hydrogen-bond donors (Lipinski definition) is 3. The highest BCUT2D eigenvalue weighted by Gasteiger charge is 2.28. The summed E-state index contributed by atoms with van der Waals surface area (Å²) in [7, 11) is 3.98. The third kappa shape index (κ3) is 4.01. The van der Waals surface area contributed by atoms with Gasteiger partial charge in [0.2, 0.25) is 0 Å². The Labute approximate surface area is 193 Å². The van der Waals surface area contributed by atoms with Crippen LogP contribution < -0.4 is 21.3 Å². The molecule has 160 valence electrons. The second kappa shape index (κ2) is 8.69. The summed E-state index contributed by atoms with van der Waals surface area (Å²) in [6.45, 7) is 1.97. The van der Waals surface area contributed by atoms with Gasteiger partial charge in [0.1, 0.15) is 17.5 Å². The molecule has 0 spiro atoms. The molecule has 1 atom stereocenters. The van der Waals surface area contributed by atoms with Crippen molar-refractivity contribution >= 4 is 34.4 Å². The van der Waals surface area contributed by atoms with Crippen molar-refractivity contribution in [1.29, 1.82) is 5.26 Å². The second-order valence-electron chi connectivity index (χ2n) is 7.85. The highest BCUT2D eigenvalue weighted by Crippen LogP contribution is 2.37. The third-order valence-corrected chi connectivity index (χ3v) is 5.75. The molecule has 7 heteroatoms. The number of nitriles is 1. The first-order chi connectivity index (χ1) is 15.4. The van der Waals surface area contributed by atoms with E-state index >= 15 is 0 Å². The van der Waals surface area contributed by atoms with Gasteiger partial charge in [-0.15, -0.1) is 0 Å². The van der Waals surface area contributed by atoms with Crippen molar-refractivity contribution in [3.05, 3.63) is 83.2 Å². The first-order valence-corrected chi connectivity index (χ1v) is 10.6. The zero-order chi connectivity index (χ0) is 22.8. The number of nitrogens with one attached hydrogen (secondary N) is 2. The third-order valence-electron chi connectivity index (χ3n) is 5.53. The predicted molar refractivity (Wildman–Crippen MR) is 134 cm³/mol. The molecule has 0 radical (unpaired) electrons. The minimum Gasteiger partial charge on any atom is -0.383 e. The Morgan fingerprint density at radius 1 is 1.09 bits per heavy atom. The molecule has 1 aliphatic rings. The number of allylic oxidation sites excluding steroid dienone is 1. The van der Waals surface area contributed by atoms with Gasteiger partial charge in [0.15, 0.2) is 5.11 Å². The van der Waals surface area contributed by atoms with E-state index in [0.717, 1.165) is 33.6 Å². The number of benzene rings is 2. The largest absolute Gasteiger partial charge is 0.383 e. The lowest BCUT2D eigenvalue weighted by molar-refractivity contribution is 0.756. The lowest BCUT2D eigenvalue weighted by Crippen LogP contribution is -2.42. The topological polar surface area (TPSA) is 90.0 Å². The predicted octanol–water partition coefficient (Wildman–Crippen LogP) is 4.22. The molecular weight excluding hydrogens is 416 g/mol. The van der Waals surface area contributed by atoms with Crippen LogP contribution in [0.5, 0.6) is 0 Å². The summed E-state index contributed by atoms with van der Waals surface area (Å²) < 4.78 is 0. The highest BCUT2D eigenvalue weighted by molar-refractivity contribution is 7.80. The van der Waals surface area contributed by atoms with Gasteiger partial charge in [0.25, 0.3) is 0 Å². The van der Waals surface area contributed by atoms with E-state index < -0.39 is 0 Å². The average molecular weight is 441 g/mol. The number of nitrogens with two attached hydrogens (primary N) is 1. The van der Waals surface area contributed by atoms with E-state index in [1.165, 1.54) is 0 Å². The number of rotatable bonds is 4. The number of nitrogen functional groups attached to an aromatic ring is 1. The fraction of sp³-hybridized carbons (Fsp3) is 0.160. The average Bonchev–Trinajstić information content (AvgIpc) is 2.78. The van der Waals surface area contributed by atoms with Gasteiger partial charge in [-0.1, -0.05) is 42.5 Å². The summed E-state index contributed by atoms with van der Waals surface area (Å²) in [5, 5.41) is 16.9. The van der Waals surface area contributed by atoms with Crippen LogP contribution in [0.4, 0.5) is 11.5 Å². The molecule has 2 aromatic carbocycles. The van der Waals surface area contributed by atoms with Crippen molar-refractivity contribution in [2.24, 2.45) is 0 Å². The van der Waals surface area contributed by atoms with E-state index in [1.807, 2.05) is 86.6 Å². The van der Waals surface area contributed by atoms with Gasteiger partial charge in [-0.05, 0) is 48.5 Å². The SMILES string of the molecule is CC1=C(c2cc(-c3ccc(N(C)C)cc3)c(C#N)c(N)n2)C(c2ccccc2)NC(=S)N1. The van der Waals surface area contributed by atoms with Crippen LogP contribution >= 0.6 is 12.2 Å². The van der Waals surface area contributed by atoms with Crippen molar-refractivity contribution < 1.29 is 0 Å². The molecule has 1 unspecified atom stereocenters. The first kappa shape index (κ1) is 21.3. The van der Waals surface area contributed by atoms with E-state index in [-0.39, 0.29) is 11.9 Å². The Morgan fingerprint density at radius 3 is 2.41 bits per heavy atom. The van der Waals surface area contributed by atoms with Crippen molar-refractivity contribution in [3.8, 4) is 17.2 Å². The second-order valence-corrected chi connectivity index (χ2v) is 8.26. The van der Waals surface area contributed by atoms with Gasteiger partial charge >= 0.3 is 0 Å². The maximum Gasteiger partial charge on any atom is 0.171 e. The van der Waals surface area contributed by atoms with Gasteiger partial charge in [0.05, 0.1) is 11.7 Å². The summed E-state index contributed by atoms with van der Waals surface area (Å²) in [5.41, 5.74) is 13.0. The van der Waals surface area contributed by atoms with Gasteiger partial charge in [0, 0.05) is 36.6 Å². The molecule has 2 heterocycles. The van der Waals surface area contributed by atoms with Crippen LogP contribution in [0.3, 0.4) is 0 Å². The Balaban J connectivity index is 1.89. The fourth-order valence-electron chi connectivity index (χ4n) is 3.92. The Hall–Kier alpha value is -3.89. The first-order valence-electron chi connectivity index (χ1n) is 10.2. The van der Waals surface area contributed by atoms with E-state index in [4.69, 9.17) is 18.0 Å². The maximum absolute atomic E-state index is 9.79. The molecular formula is C25H24N6S. The molecule has 0 aliphatic carbocycles. The number of hydrogen-bond acceptors (Lipinski definition) is 5. The normalized spacial score (nSPS) is 15.6. The van der Waals surface area contributed by atoms with E-state index in [0.29, 0.717) is 16.4 Å². The van der Waals surface area contributed by atoms with Crippen LogP contribution in [0.15, 0.2) is 66.4 Å². The summed E-state index contributed by atoms with van der Waals surface area (Å²) in [4.78, 5) is 6.65. The van der Waals surface area contributed by atoms with Gasteiger partial charge in [-0.3, -0.25) is 0 Å². The van der Waals surface area contributed by atoms with Crippen molar-refractivity contribution in [2.45, 2.75) is 13.0 Å². The Morgan fingerprint density at radius 2 is 1.78 bits per heavy atom. The molecule has 0 saturated heterocycles. The number of pyridine rings is 1. The number of anilines is 2. The fourth-order valence-corrected chi connectivity index (χ4v) is 4.19. The number of nitrogens with zero attached hydrogens (tertiary/aromatic N) is 3. The maximum atomic E-state index is 9.79. The molecule has 32 heavy (non-hydrogen) atoms. The van der Waals surface area contributed by atoms with E-state index in [2.05, 4.69) is 21.7 Å². The molecule has 0 fully saturated rings. The van der Waals surface area contributed by atoms with E-state index in [9.17, 15) is 5.26 Å². The molecule has 0 bridgehead atoms. The zero-order valence-corrected chi connectivity index (χ0v) is 19.0. The Kier molecular flexibility index (Phi) is 5.80. The molecule has 0 saturated carbocycles. The van der Waals surface area contributed by atoms with Crippen LogP contribution in [0.25, 0.3) is 16.7 Å². The van der Waals surface area contributed by atoms with Crippen LogP contribution in [-0.4, -0.2) is 24.2 Å². The molecule has 6 nitrogen and oxygen atoms in total.